The molecule has 1 heterocycles. The van der Waals surface area contributed by atoms with Gasteiger partial charge in [-0.2, -0.15) is 0 Å². The molecular formula is C13H20N2O2S2. The van der Waals surface area contributed by atoms with E-state index >= 15 is 0 Å². The Labute approximate surface area is 122 Å². The molecule has 1 aromatic heterocycles. The second kappa shape index (κ2) is 6.63. The van der Waals surface area contributed by atoms with Crippen molar-refractivity contribution in [1.82, 2.24) is 0 Å². The maximum absolute atomic E-state index is 11.5. The summed E-state index contributed by atoms with van der Waals surface area (Å²) in [6.45, 7) is 3.87. The summed E-state index contributed by atoms with van der Waals surface area (Å²) < 4.78 is 5.57. The van der Waals surface area contributed by atoms with Crippen LogP contribution >= 0.6 is 23.1 Å². The number of hydrogen-bond donors (Lipinski definition) is 2. The van der Waals surface area contributed by atoms with Crippen molar-refractivity contribution in [3.05, 3.63) is 4.88 Å². The van der Waals surface area contributed by atoms with Gasteiger partial charge in [0, 0.05) is 20.1 Å². The number of nitrogens with one attached hydrogen (secondary N) is 1. The monoisotopic (exact) mass is 300 g/mol. The van der Waals surface area contributed by atoms with E-state index in [1.807, 2.05) is 6.26 Å². The van der Waals surface area contributed by atoms with Gasteiger partial charge in [-0.15, -0.1) is 23.1 Å². The van der Waals surface area contributed by atoms with Crippen LogP contribution in [-0.2, 0) is 4.74 Å². The predicted octanol–water partition coefficient (Wildman–Crippen LogP) is 3.09. The number of hydrogen-bond acceptors (Lipinski definition) is 6. The van der Waals surface area contributed by atoms with Crippen LogP contribution in [0.15, 0.2) is 4.90 Å². The van der Waals surface area contributed by atoms with Gasteiger partial charge in [0.1, 0.15) is 5.00 Å². The topological polar surface area (TPSA) is 64.3 Å². The van der Waals surface area contributed by atoms with E-state index in [0.29, 0.717) is 17.2 Å². The summed E-state index contributed by atoms with van der Waals surface area (Å²) in [7, 11) is 0. The molecule has 19 heavy (non-hydrogen) atoms. The highest BCUT2D eigenvalue weighted by atomic mass is 32.2. The van der Waals surface area contributed by atoms with Crippen LogP contribution in [0.25, 0.3) is 0 Å². The van der Waals surface area contributed by atoms with Gasteiger partial charge in [-0.1, -0.05) is 0 Å². The summed E-state index contributed by atoms with van der Waals surface area (Å²) >= 11 is 3.00. The molecule has 0 unspecified atom stereocenters. The Balaban J connectivity index is 1.87. The third kappa shape index (κ3) is 3.87. The molecule has 3 N–H and O–H groups in total. The molecule has 2 rings (SSSR count). The standard InChI is InChI=1S/C13H20N2O2S2/c1-8(16)11-10(14)12(18-2)13(19-11)15-5-6-17-7-9-3-4-9/h9,15H,3-7,14H2,1-2H3. The van der Waals surface area contributed by atoms with Gasteiger partial charge in [0.25, 0.3) is 0 Å². The Hall–Kier alpha value is -0.720. The van der Waals surface area contributed by atoms with Crippen molar-refractivity contribution in [1.29, 1.82) is 0 Å². The number of thioether (sulfide) groups is 1. The van der Waals surface area contributed by atoms with E-state index in [9.17, 15) is 4.79 Å². The fourth-order valence-electron chi connectivity index (χ4n) is 1.78. The molecule has 6 heteroatoms. The molecule has 106 valence electrons. The third-order valence-corrected chi connectivity index (χ3v) is 5.23. The third-order valence-electron chi connectivity index (χ3n) is 3.01. The molecule has 1 aliphatic carbocycles. The van der Waals surface area contributed by atoms with Gasteiger partial charge in [0.2, 0.25) is 0 Å². The molecule has 4 nitrogen and oxygen atoms in total. The summed E-state index contributed by atoms with van der Waals surface area (Å²) in [6.07, 6.45) is 4.60. The molecule has 0 spiro atoms. The summed E-state index contributed by atoms with van der Waals surface area (Å²) in [4.78, 5) is 13.1. The Morgan fingerprint density at radius 1 is 1.58 bits per heavy atom. The second-order valence-corrected chi connectivity index (χ2v) is 6.55. The summed E-state index contributed by atoms with van der Waals surface area (Å²) in [5.41, 5.74) is 6.59. The van der Waals surface area contributed by atoms with Crippen LogP contribution in [0.3, 0.4) is 0 Å². The minimum absolute atomic E-state index is 0.0239. The molecule has 0 saturated heterocycles. The smallest absolute Gasteiger partial charge is 0.171 e. The Bertz CT molecular complexity index is 456. The molecule has 1 aromatic rings. The van der Waals surface area contributed by atoms with Gasteiger partial charge >= 0.3 is 0 Å². The lowest BCUT2D eigenvalue weighted by molar-refractivity contribution is 0.102. The van der Waals surface area contributed by atoms with E-state index in [0.717, 1.165) is 29.0 Å². The van der Waals surface area contributed by atoms with Crippen LogP contribution in [0.5, 0.6) is 0 Å². The zero-order chi connectivity index (χ0) is 13.8. The van der Waals surface area contributed by atoms with Crippen LogP contribution in [0.4, 0.5) is 10.7 Å². The van der Waals surface area contributed by atoms with E-state index in [1.165, 1.54) is 24.2 Å². The Morgan fingerprint density at radius 3 is 2.89 bits per heavy atom. The zero-order valence-electron chi connectivity index (χ0n) is 11.3. The minimum atomic E-state index is 0.0239. The first-order valence-corrected chi connectivity index (χ1v) is 8.46. The van der Waals surface area contributed by atoms with Crippen molar-refractivity contribution in [3.8, 4) is 0 Å². The van der Waals surface area contributed by atoms with Crippen molar-refractivity contribution < 1.29 is 9.53 Å². The maximum Gasteiger partial charge on any atom is 0.171 e. The number of thiophene rings is 1. The lowest BCUT2D eigenvalue weighted by atomic mass is 10.3. The van der Waals surface area contributed by atoms with Crippen molar-refractivity contribution in [2.45, 2.75) is 24.7 Å². The highest BCUT2D eigenvalue weighted by Gasteiger charge is 2.21. The minimum Gasteiger partial charge on any atom is -0.396 e. The molecule has 0 aromatic carbocycles. The molecule has 0 atom stereocenters. The van der Waals surface area contributed by atoms with Gasteiger partial charge in [-0.3, -0.25) is 4.79 Å². The summed E-state index contributed by atoms with van der Waals surface area (Å²) in [5, 5.41) is 4.29. The molecule has 1 aliphatic rings. The van der Waals surface area contributed by atoms with Crippen LogP contribution in [0.1, 0.15) is 29.4 Å². The van der Waals surface area contributed by atoms with E-state index in [4.69, 9.17) is 10.5 Å². The SMILES string of the molecule is CSc1c(NCCOCC2CC2)sc(C(C)=O)c1N. The first-order valence-electron chi connectivity index (χ1n) is 6.42. The number of carbonyl (C=O) groups is 1. The van der Waals surface area contributed by atoms with Crippen LogP contribution in [0, 0.1) is 5.92 Å². The van der Waals surface area contributed by atoms with Crippen LogP contribution in [0.2, 0.25) is 0 Å². The van der Waals surface area contributed by atoms with E-state index in [1.54, 1.807) is 18.7 Å². The van der Waals surface area contributed by atoms with Gasteiger partial charge < -0.3 is 15.8 Å². The highest BCUT2D eigenvalue weighted by molar-refractivity contribution is 7.99. The fraction of sp³-hybridized carbons (Fsp3) is 0.615. The second-order valence-electron chi connectivity index (χ2n) is 4.71. The lowest BCUT2D eigenvalue weighted by Gasteiger charge is -2.06. The average molecular weight is 300 g/mol. The number of ether oxygens (including phenoxy) is 1. The number of ketones is 1. The van der Waals surface area contributed by atoms with Gasteiger partial charge in [0.05, 0.1) is 22.1 Å². The van der Waals surface area contributed by atoms with Gasteiger partial charge in [-0.25, -0.2) is 0 Å². The maximum atomic E-state index is 11.5. The van der Waals surface area contributed by atoms with E-state index in [2.05, 4.69) is 5.32 Å². The molecule has 0 radical (unpaired) electrons. The molecule has 0 amide bonds. The summed E-state index contributed by atoms with van der Waals surface area (Å²) in [6, 6.07) is 0. The van der Waals surface area contributed by atoms with Gasteiger partial charge in [-0.05, 0) is 25.0 Å². The molecule has 0 bridgehead atoms. The first-order chi connectivity index (χ1) is 9.13. The van der Waals surface area contributed by atoms with Gasteiger partial charge in [0.15, 0.2) is 5.78 Å². The van der Waals surface area contributed by atoms with E-state index in [-0.39, 0.29) is 5.78 Å². The quantitative estimate of drug-likeness (QED) is 0.439. The van der Waals surface area contributed by atoms with Crippen molar-refractivity contribution in [2.24, 2.45) is 5.92 Å². The molecule has 0 aliphatic heterocycles. The number of rotatable bonds is 8. The zero-order valence-corrected chi connectivity index (χ0v) is 13.0. The largest absolute Gasteiger partial charge is 0.396 e. The average Bonchev–Trinajstić information content (AvgIpc) is 3.13. The van der Waals surface area contributed by atoms with Crippen LogP contribution < -0.4 is 11.1 Å². The Kier molecular flexibility index (Phi) is 5.13. The number of nitrogens with two attached hydrogens (primary N) is 1. The summed E-state index contributed by atoms with van der Waals surface area (Å²) in [5.74, 6) is 0.819. The first kappa shape index (κ1) is 14.7. The van der Waals surface area contributed by atoms with Crippen LogP contribution in [-0.4, -0.2) is 31.8 Å². The number of nitrogen functional groups attached to an aromatic ring is 1. The number of carbonyl (C=O) groups excluding carboxylic acids is 1. The number of Topliss-reactive ketones (excluding diaryl/α,β-unsaturated/α-hetero) is 1. The molecule has 1 fully saturated rings. The van der Waals surface area contributed by atoms with E-state index < -0.39 is 0 Å². The molecule has 1 saturated carbocycles. The Morgan fingerprint density at radius 2 is 2.32 bits per heavy atom. The number of anilines is 2. The fourth-order valence-corrected chi connectivity index (χ4v) is 3.74. The van der Waals surface area contributed by atoms with Crippen molar-refractivity contribution >= 4 is 39.6 Å². The highest BCUT2D eigenvalue weighted by Crippen LogP contribution is 2.41. The normalized spacial score (nSPS) is 14.6. The van der Waals surface area contributed by atoms with Crippen molar-refractivity contribution in [2.75, 3.05) is 37.1 Å². The van der Waals surface area contributed by atoms with Crippen molar-refractivity contribution in [3.63, 3.8) is 0 Å². The molecular weight excluding hydrogens is 280 g/mol. The predicted molar refractivity (Wildman–Crippen MR) is 82.5 cm³/mol. The lowest BCUT2D eigenvalue weighted by Crippen LogP contribution is -2.10.